The van der Waals surface area contributed by atoms with Crippen LogP contribution in [0.15, 0.2) is 36.4 Å². The molecule has 0 spiro atoms. The van der Waals surface area contributed by atoms with Crippen molar-refractivity contribution in [3.05, 3.63) is 63.7 Å². The summed E-state index contributed by atoms with van der Waals surface area (Å²) in [7, 11) is 0. The second-order valence-corrected chi connectivity index (χ2v) is 8.58. The maximum Gasteiger partial charge on any atom is 0.261 e. The number of hydrogen-bond acceptors (Lipinski definition) is 3. The summed E-state index contributed by atoms with van der Waals surface area (Å²) in [6.07, 6.45) is 2.38. The van der Waals surface area contributed by atoms with Crippen molar-refractivity contribution in [1.29, 1.82) is 0 Å². The minimum Gasteiger partial charge on any atom is -0.483 e. The maximum absolute atomic E-state index is 13.3. The van der Waals surface area contributed by atoms with Crippen molar-refractivity contribution in [3.8, 4) is 5.75 Å². The SMILES string of the molecule is CCCCNC(=O)C(CC)N(Cc1ccccc1Cl)C(=O)COc1cc(C)cc(C)c1C. The fourth-order valence-corrected chi connectivity index (χ4v) is 3.80. The van der Waals surface area contributed by atoms with Crippen LogP contribution in [-0.4, -0.2) is 35.9 Å². The molecule has 2 aromatic rings. The van der Waals surface area contributed by atoms with Gasteiger partial charge in [-0.05, 0) is 68.0 Å². The Morgan fingerprint density at radius 2 is 1.84 bits per heavy atom. The standard InChI is InChI=1S/C26H35ClN2O3/c1-6-8-13-28-26(31)23(7-2)29(16-21-11-9-10-12-22(21)27)25(30)17-32-24-15-18(3)14-19(4)20(24)5/h9-12,14-15,23H,6-8,13,16-17H2,1-5H3,(H,28,31). The number of benzene rings is 2. The number of nitrogens with zero attached hydrogens (tertiary/aromatic N) is 1. The number of carbonyl (C=O) groups excluding carboxylic acids is 2. The molecule has 0 heterocycles. The number of amides is 2. The van der Waals surface area contributed by atoms with Gasteiger partial charge in [0, 0.05) is 18.1 Å². The van der Waals surface area contributed by atoms with Crippen LogP contribution in [0.1, 0.15) is 55.4 Å². The maximum atomic E-state index is 13.3. The zero-order valence-electron chi connectivity index (χ0n) is 19.8. The van der Waals surface area contributed by atoms with Gasteiger partial charge in [-0.25, -0.2) is 0 Å². The van der Waals surface area contributed by atoms with Gasteiger partial charge in [0.05, 0.1) is 0 Å². The third-order valence-corrected chi connectivity index (χ3v) is 6.00. The Labute approximate surface area is 197 Å². The number of aryl methyl sites for hydroxylation is 2. The summed E-state index contributed by atoms with van der Waals surface area (Å²) in [5.74, 6) is 0.291. The Bertz CT molecular complexity index is 929. The van der Waals surface area contributed by atoms with Crippen LogP contribution in [0.25, 0.3) is 0 Å². The van der Waals surface area contributed by atoms with Gasteiger partial charge in [0.2, 0.25) is 5.91 Å². The number of carbonyl (C=O) groups is 2. The second-order valence-electron chi connectivity index (χ2n) is 8.18. The van der Waals surface area contributed by atoms with Crippen molar-refractivity contribution in [2.24, 2.45) is 0 Å². The van der Waals surface area contributed by atoms with E-state index in [2.05, 4.69) is 18.3 Å². The van der Waals surface area contributed by atoms with E-state index in [1.165, 1.54) is 0 Å². The minimum absolute atomic E-state index is 0.146. The summed E-state index contributed by atoms with van der Waals surface area (Å²) >= 11 is 6.36. The minimum atomic E-state index is -0.598. The van der Waals surface area contributed by atoms with E-state index in [4.69, 9.17) is 16.3 Å². The van der Waals surface area contributed by atoms with E-state index < -0.39 is 6.04 Å². The summed E-state index contributed by atoms with van der Waals surface area (Å²) in [5, 5.41) is 3.53. The van der Waals surface area contributed by atoms with Crippen LogP contribution in [0.5, 0.6) is 5.75 Å². The fourth-order valence-electron chi connectivity index (χ4n) is 3.61. The fraction of sp³-hybridized carbons (Fsp3) is 0.462. The van der Waals surface area contributed by atoms with Crippen molar-refractivity contribution in [3.63, 3.8) is 0 Å². The number of ether oxygens (including phenoxy) is 1. The Morgan fingerprint density at radius 1 is 1.12 bits per heavy atom. The van der Waals surface area contributed by atoms with E-state index in [0.29, 0.717) is 23.7 Å². The Kier molecular flexibility index (Phi) is 10.0. The molecule has 5 nitrogen and oxygen atoms in total. The van der Waals surface area contributed by atoms with Gasteiger partial charge in [0.15, 0.2) is 6.61 Å². The Balaban J connectivity index is 2.25. The van der Waals surface area contributed by atoms with Crippen LogP contribution in [-0.2, 0) is 16.1 Å². The third-order valence-electron chi connectivity index (χ3n) is 5.63. The van der Waals surface area contributed by atoms with E-state index in [9.17, 15) is 9.59 Å². The average molecular weight is 459 g/mol. The first-order chi connectivity index (χ1) is 15.3. The molecule has 1 unspecified atom stereocenters. The first-order valence-corrected chi connectivity index (χ1v) is 11.7. The molecule has 1 atom stereocenters. The Morgan fingerprint density at radius 3 is 2.50 bits per heavy atom. The molecule has 0 saturated heterocycles. The van der Waals surface area contributed by atoms with Crippen molar-refractivity contribution >= 4 is 23.4 Å². The molecule has 2 aromatic carbocycles. The zero-order chi connectivity index (χ0) is 23.7. The van der Waals surface area contributed by atoms with Crippen LogP contribution >= 0.6 is 11.6 Å². The summed E-state index contributed by atoms with van der Waals surface area (Å²) in [6.45, 7) is 10.7. The monoisotopic (exact) mass is 458 g/mol. The van der Waals surface area contributed by atoms with Gasteiger partial charge in [-0.3, -0.25) is 9.59 Å². The van der Waals surface area contributed by atoms with Crippen molar-refractivity contribution in [2.75, 3.05) is 13.2 Å². The van der Waals surface area contributed by atoms with E-state index >= 15 is 0 Å². The highest BCUT2D eigenvalue weighted by Crippen LogP contribution is 2.24. The molecule has 2 rings (SSSR count). The molecule has 0 bridgehead atoms. The van der Waals surface area contributed by atoms with Crippen molar-refractivity contribution in [1.82, 2.24) is 10.2 Å². The summed E-state index contributed by atoms with van der Waals surface area (Å²) in [5.41, 5.74) is 3.99. The van der Waals surface area contributed by atoms with Crippen LogP contribution in [0, 0.1) is 20.8 Å². The molecule has 2 amide bonds. The third kappa shape index (κ3) is 6.99. The molecule has 6 heteroatoms. The summed E-state index contributed by atoms with van der Waals surface area (Å²) in [4.78, 5) is 27.8. The van der Waals surface area contributed by atoms with Crippen molar-refractivity contribution in [2.45, 2.75) is 66.5 Å². The topological polar surface area (TPSA) is 58.6 Å². The van der Waals surface area contributed by atoms with Crippen LogP contribution in [0.4, 0.5) is 0 Å². The lowest BCUT2D eigenvalue weighted by molar-refractivity contribution is -0.143. The summed E-state index contributed by atoms with van der Waals surface area (Å²) < 4.78 is 5.93. The summed E-state index contributed by atoms with van der Waals surface area (Å²) in [6, 6.07) is 10.8. The van der Waals surface area contributed by atoms with Gasteiger partial charge in [-0.1, -0.05) is 56.1 Å². The number of hydrogen-bond donors (Lipinski definition) is 1. The molecule has 0 aliphatic rings. The van der Waals surface area contributed by atoms with Gasteiger partial charge in [0.1, 0.15) is 11.8 Å². The van der Waals surface area contributed by atoms with Gasteiger partial charge < -0.3 is 15.0 Å². The molecular weight excluding hydrogens is 424 g/mol. The Hall–Kier alpha value is -2.53. The van der Waals surface area contributed by atoms with Gasteiger partial charge in [-0.2, -0.15) is 0 Å². The predicted octanol–water partition coefficient (Wildman–Crippen LogP) is 5.37. The second kappa shape index (κ2) is 12.5. The number of rotatable bonds is 11. The van der Waals surface area contributed by atoms with Gasteiger partial charge in [0.25, 0.3) is 5.91 Å². The normalized spacial score (nSPS) is 11.7. The van der Waals surface area contributed by atoms with Crippen molar-refractivity contribution < 1.29 is 14.3 Å². The quantitative estimate of drug-likeness (QED) is 0.460. The molecule has 0 radical (unpaired) electrons. The van der Waals surface area contributed by atoms with E-state index in [1.807, 2.05) is 52.0 Å². The predicted molar refractivity (Wildman–Crippen MR) is 130 cm³/mol. The molecule has 0 aliphatic carbocycles. The lowest BCUT2D eigenvalue weighted by Crippen LogP contribution is -2.50. The molecule has 0 aromatic heterocycles. The molecule has 0 saturated carbocycles. The highest BCUT2D eigenvalue weighted by atomic mass is 35.5. The van der Waals surface area contributed by atoms with E-state index in [1.54, 1.807) is 11.0 Å². The number of halogens is 1. The van der Waals surface area contributed by atoms with Crippen LogP contribution < -0.4 is 10.1 Å². The average Bonchev–Trinajstić information content (AvgIpc) is 2.76. The number of unbranched alkanes of at least 4 members (excludes halogenated alkanes) is 1. The van der Waals surface area contributed by atoms with E-state index in [0.717, 1.165) is 35.1 Å². The largest absolute Gasteiger partial charge is 0.483 e. The van der Waals surface area contributed by atoms with Gasteiger partial charge >= 0.3 is 0 Å². The molecule has 1 N–H and O–H groups in total. The van der Waals surface area contributed by atoms with Crippen LogP contribution in [0.3, 0.4) is 0 Å². The van der Waals surface area contributed by atoms with Gasteiger partial charge in [-0.15, -0.1) is 0 Å². The highest BCUT2D eigenvalue weighted by Gasteiger charge is 2.29. The molecular formula is C26H35ClN2O3. The lowest BCUT2D eigenvalue weighted by Gasteiger charge is -2.31. The first kappa shape index (κ1) is 25.7. The smallest absolute Gasteiger partial charge is 0.261 e. The molecule has 0 fully saturated rings. The molecule has 0 aliphatic heterocycles. The highest BCUT2D eigenvalue weighted by molar-refractivity contribution is 6.31. The lowest BCUT2D eigenvalue weighted by atomic mass is 10.1. The first-order valence-electron chi connectivity index (χ1n) is 11.3. The van der Waals surface area contributed by atoms with Crippen LogP contribution in [0.2, 0.25) is 5.02 Å². The zero-order valence-corrected chi connectivity index (χ0v) is 20.6. The molecule has 174 valence electrons. The van der Waals surface area contributed by atoms with E-state index in [-0.39, 0.29) is 25.0 Å². The molecule has 32 heavy (non-hydrogen) atoms. The number of nitrogens with one attached hydrogen (secondary N) is 1.